The van der Waals surface area contributed by atoms with Crippen LogP contribution >= 0.6 is 24.0 Å². The van der Waals surface area contributed by atoms with Crippen LogP contribution in [0.15, 0.2) is 48.0 Å². The van der Waals surface area contributed by atoms with Gasteiger partial charge in [-0.3, -0.25) is 4.99 Å². The molecule has 0 amide bonds. The number of methoxy groups -OCH3 is 1. The monoisotopic (exact) mass is 523 g/mol. The van der Waals surface area contributed by atoms with Crippen molar-refractivity contribution >= 4 is 29.9 Å². The molecule has 2 atom stereocenters. The number of nitrogens with one attached hydrogen (secondary N) is 1. The van der Waals surface area contributed by atoms with Gasteiger partial charge >= 0.3 is 0 Å². The van der Waals surface area contributed by atoms with Gasteiger partial charge in [-0.25, -0.2) is 4.98 Å². The van der Waals surface area contributed by atoms with Gasteiger partial charge in [0.25, 0.3) is 0 Å². The van der Waals surface area contributed by atoms with Crippen LogP contribution in [0.5, 0.6) is 5.75 Å². The van der Waals surface area contributed by atoms with Crippen molar-refractivity contribution in [2.45, 2.75) is 44.6 Å². The van der Waals surface area contributed by atoms with Gasteiger partial charge in [-0.2, -0.15) is 0 Å². The molecule has 164 valence electrons. The van der Waals surface area contributed by atoms with E-state index >= 15 is 0 Å². The number of hydrogen-bond donors (Lipinski definition) is 1. The Morgan fingerprint density at radius 2 is 2.13 bits per heavy atom. The lowest BCUT2D eigenvalue weighted by atomic mass is 9.93. The first-order valence-corrected chi connectivity index (χ1v) is 10.8. The number of aliphatic imine (C=N–C) groups is 1. The van der Waals surface area contributed by atoms with Crippen molar-refractivity contribution in [2.75, 3.05) is 33.3 Å². The van der Waals surface area contributed by atoms with Crippen molar-refractivity contribution in [3.05, 3.63) is 48.5 Å². The van der Waals surface area contributed by atoms with E-state index in [1.165, 1.54) is 18.4 Å². The largest absolute Gasteiger partial charge is 0.496 e. The maximum atomic E-state index is 5.63. The Hall–Kier alpha value is -1.77. The summed E-state index contributed by atoms with van der Waals surface area (Å²) in [6.07, 6.45) is 9.39. The van der Waals surface area contributed by atoms with Gasteiger partial charge in [-0.1, -0.05) is 25.1 Å². The quantitative estimate of drug-likeness (QED) is 0.352. The van der Waals surface area contributed by atoms with Gasteiger partial charge in [0.15, 0.2) is 5.96 Å². The van der Waals surface area contributed by atoms with Crippen LogP contribution in [0.3, 0.4) is 0 Å². The standard InChI is InChI=1S/C23H33N5O.HI/c1-4-25-22(27-13-9-18(2)20(15-27)28-14-12-24-17-28)26-16-23(10-11-23)19-7-5-6-8-21(19)29-3;/h5-8,12,14,17-18,20H,4,9-11,13,15-16H2,1-3H3,(H,25,26);1H. The Labute approximate surface area is 197 Å². The van der Waals surface area contributed by atoms with E-state index in [4.69, 9.17) is 9.73 Å². The second kappa shape index (κ2) is 10.0. The third kappa shape index (κ3) is 4.76. The number of nitrogens with zero attached hydrogens (tertiary/aromatic N) is 4. The normalized spacial score (nSPS) is 22.9. The van der Waals surface area contributed by atoms with E-state index in [1.807, 2.05) is 18.6 Å². The zero-order chi connectivity index (χ0) is 20.3. The summed E-state index contributed by atoms with van der Waals surface area (Å²) in [5.74, 6) is 2.65. The molecule has 7 heteroatoms. The third-order valence-electron chi connectivity index (χ3n) is 6.52. The van der Waals surface area contributed by atoms with E-state index < -0.39 is 0 Å². The number of hydrogen-bond acceptors (Lipinski definition) is 3. The van der Waals surface area contributed by atoms with Crippen LogP contribution in [0.2, 0.25) is 0 Å². The minimum atomic E-state index is 0. The summed E-state index contributed by atoms with van der Waals surface area (Å²) in [6, 6.07) is 8.84. The molecule has 1 saturated heterocycles. The summed E-state index contributed by atoms with van der Waals surface area (Å²) in [7, 11) is 1.76. The highest BCUT2D eigenvalue weighted by atomic mass is 127. The van der Waals surface area contributed by atoms with Gasteiger partial charge < -0.3 is 19.5 Å². The molecule has 2 aromatic rings. The highest BCUT2D eigenvalue weighted by molar-refractivity contribution is 14.0. The molecule has 6 nitrogen and oxygen atoms in total. The first-order valence-electron chi connectivity index (χ1n) is 10.8. The lowest BCUT2D eigenvalue weighted by Gasteiger charge is -2.39. The third-order valence-corrected chi connectivity index (χ3v) is 6.52. The summed E-state index contributed by atoms with van der Waals surface area (Å²) in [5, 5.41) is 3.53. The molecule has 0 radical (unpaired) electrons. The molecule has 0 bridgehead atoms. The molecule has 1 aromatic heterocycles. The molecule has 4 rings (SSSR count). The van der Waals surface area contributed by atoms with Crippen LogP contribution in [0.25, 0.3) is 0 Å². The van der Waals surface area contributed by atoms with E-state index in [1.54, 1.807) is 7.11 Å². The number of ether oxygens (including phenoxy) is 1. The minimum absolute atomic E-state index is 0. The van der Waals surface area contributed by atoms with Crippen molar-refractivity contribution in [1.82, 2.24) is 19.8 Å². The minimum Gasteiger partial charge on any atom is -0.496 e. The molecule has 1 N–H and O–H groups in total. The lowest BCUT2D eigenvalue weighted by molar-refractivity contribution is 0.189. The molecule has 30 heavy (non-hydrogen) atoms. The van der Waals surface area contributed by atoms with Crippen molar-refractivity contribution in [1.29, 1.82) is 0 Å². The fourth-order valence-electron chi connectivity index (χ4n) is 4.49. The molecular weight excluding hydrogens is 489 g/mol. The summed E-state index contributed by atoms with van der Waals surface area (Å²) in [6.45, 7) is 8.17. The van der Waals surface area contributed by atoms with Crippen LogP contribution in [0.4, 0.5) is 0 Å². The first kappa shape index (κ1) is 22.9. The fourth-order valence-corrected chi connectivity index (χ4v) is 4.49. The molecule has 1 aliphatic carbocycles. The zero-order valence-corrected chi connectivity index (χ0v) is 20.6. The number of aromatic nitrogens is 2. The predicted octanol–water partition coefficient (Wildman–Crippen LogP) is 4.09. The summed E-state index contributed by atoms with van der Waals surface area (Å²) < 4.78 is 7.87. The number of para-hydroxylation sites is 1. The molecule has 2 unspecified atom stereocenters. The molecule has 1 saturated carbocycles. The maximum absolute atomic E-state index is 5.63. The average Bonchev–Trinajstić information content (AvgIpc) is 3.34. The van der Waals surface area contributed by atoms with Gasteiger partial charge in [-0.15, -0.1) is 24.0 Å². The summed E-state index contributed by atoms with van der Waals surface area (Å²) in [4.78, 5) is 11.8. The van der Waals surface area contributed by atoms with Crippen LogP contribution in [-0.2, 0) is 5.41 Å². The second-order valence-electron chi connectivity index (χ2n) is 8.44. The van der Waals surface area contributed by atoms with Crippen molar-refractivity contribution in [2.24, 2.45) is 10.9 Å². The Morgan fingerprint density at radius 3 is 2.80 bits per heavy atom. The molecule has 1 aliphatic heterocycles. The molecule has 2 aliphatic rings. The number of piperidine rings is 1. The van der Waals surface area contributed by atoms with E-state index in [9.17, 15) is 0 Å². The smallest absolute Gasteiger partial charge is 0.194 e. The maximum Gasteiger partial charge on any atom is 0.194 e. The number of halogens is 1. The Kier molecular flexibility index (Phi) is 7.65. The average molecular weight is 523 g/mol. The molecule has 0 spiro atoms. The van der Waals surface area contributed by atoms with Crippen molar-refractivity contribution < 1.29 is 4.74 Å². The van der Waals surface area contributed by atoms with E-state index in [0.717, 1.165) is 44.3 Å². The Morgan fingerprint density at radius 1 is 1.33 bits per heavy atom. The number of guanidine groups is 1. The Bertz CT molecular complexity index is 834. The first-order chi connectivity index (χ1) is 14.2. The van der Waals surface area contributed by atoms with E-state index in [0.29, 0.717) is 12.0 Å². The number of rotatable bonds is 6. The number of benzene rings is 1. The molecular formula is C23H34IN5O. The van der Waals surface area contributed by atoms with Gasteiger partial charge in [-0.05, 0) is 38.2 Å². The highest BCUT2D eigenvalue weighted by Gasteiger charge is 2.46. The fraction of sp³-hybridized carbons (Fsp3) is 0.565. The van der Waals surface area contributed by atoms with Crippen LogP contribution in [-0.4, -0.2) is 53.7 Å². The van der Waals surface area contributed by atoms with E-state index in [2.05, 4.69) is 58.0 Å². The van der Waals surface area contributed by atoms with Crippen LogP contribution in [0, 0.1) is 5.92 Å². The zero-order valence-electron chi connectivity index (χ0n) is 18.3. The number of imidazole rings is 1. The topological polar surface area (TPSA) is 54.7 Å². The number of likely N-dealkylation sites (tertiary alicyclic amines) is 1. The molecule has 2 heterocycles. The SMILES string of the molecule is CCNC(=NCC1(c2ccccc2OC)CC1)N1CCC(C)C(n2ccnc2)C1.I. The lowest BCUT2D eigenvalue weighted by Crippen LogP contribution is -2.49. The van der Waals surface area contributed by atoms with E-state index in [-0.39, 0.29) is 29.4 Å². The van der Waals surface area contributed by atoms with Gasteiger partial charge in [0, 0.05) is 43.0 Å². The van der Waals surface area contributed by atoms with Crippen molar-refractivity contribution in [3.63, 3.8) is 0 Å². The molecule has 2 fully saturated rings. The van der Waals surface area contributed by atoms with Gasteiger partial charge in [0.05, 0.1) is 26.0 Å². The molecule has 1 aromatic carbocycles. The van der Waals surface area contributed by atoms with Gasteiger partial charge in [0.2, 0.25) is 0 Å². The van der Waals surface area contributed by atoms with Crippen LogP contribution in [0.1, 0.15) is 44.7 Å². The Balaban J connectivity index is 0.00000256. The summed E-state index contributed by atoms with van der Waals surface area (Å²) >= 11 is 0. The predicted molar refractivity (Wildman–Crippen MR) is 132 cm³/mol. The second-order valence-corrected chi connectivity index (χ2v) is 8.44. The van der Waals surface area contributed by atoms with Gasteiger partial charge in [0.1, 0.15) is 5.75 Å². The van der Waals surface area contributed by atoms with Crippen molar-refractivity contribution in [3.8, 4) is 5.75 Å². The van der Waals surface area contributed by atoms with Crippen LogP contribution < -0.4 is 10.1 Å². The highest BCUT2D eigenvalue weighted by Crippen LogP contribution is 2.51. The summed E-state index contributed by atoms with van der Waals surface area (Å²) in [5.41, 5.74) is 1.42.